The number of aryl methyl sites for hydroxylation is 1. The van der Waals surface area contributed by atoms with Gasteiger partial charge in [-0.15, -0.1) is 0 Å². The van der Waals surface area contributed by atoms with E-state index in [0.717, 1.165) is 12.1 Å². The number of hydroxylamine groups is 1. The minimum Gasteiger partial charge on any atom is -0.312 e. The summed E-state index contributed by atoms with van der Waals surface area (Å²) in [7, 11) is 0. The SMILES string of the molecule is CCc1ccc(N2CC(C(=O)NO)CC2=O)cc1. The van der Waals surface area contributed by atoms with Gasteiger partial charge in [0.15, 0.2) is 0 Å². The van der Waals surface area contributed by atoms with Gasteiger partial charge in [0.1, 0.15) is 0 Å². The van der Waals surface area contributed by atoms with Gasteiger partial charge in [-0.05, 0) is 24.1 Å². The van der Waals surface area contributed by atoms with E-state index in [2.05, 4.69) is 6.92 Å². The van der Waals surface area contributed by atoms with Crippen LogP contribution < -0.4 is 10.4 Å². The second kappa shape index (κ2) is 5.18. The van der Waals surface area contributed by atoms with Crippen LogP contribution >= 0.6 is 0 Å². The normalized spacial score (nSPS) is 19.1. The average Bonchev–Trinajstić information content (AvgIpc) is 2.80. The summed E-state index contributed by atoms with van der Waals surface area (Å²) in [5.41, 5.74) is 3.60. The van der Waals surface area contributed by atoms with E-state index in [1.54, 1.807) is 10.4 Å². The standard InChI is InChI=1S/C13H16N2O3/c1-2-9-3-5-11(6-4-9)15-8-10(7-12(15)16)13(17)14-18/h3-6,10,18H,2,7-8H2,1H3,(H,14,17). The summed E-state index contributed by atoms with van der Waals surface area (Å²) < 4.78 is 0. The molecule has 1 aliphatic heterocycles. The van der Waals surface area contributed by atoms with Gasteiger partial charge >= 0.3 is 0 Å². The molecule has 1 aliphatic rings. The van der Waals surface area contributed by atoms with E-state index in [4.69, 9.17) is 5.21 Å². The molecule has 1 heterocycles. The topological polar surface area (TPSA) is 69.6 Å². The van der Waals surface area contributed by atoms with Crippen molar-refractivity contribution < 1.29 is 14.8 Å². The molecule has 1 unspecified atom stereocenters. The Bertz CT molecular complexity index is 456. The largest absolute Gasteiger partial charge is 0.312 e. The van der Waals surface area contributed by atoms with Crippen molar-refractivity contribution in [3.8, 4) is 0 Å². The van der Waals surface area contributed by atoms with Gasteiger partial charge in [0, 0.05) is 18.7 Å². The third-order valence-electron chi connectivity index (χ3n) is 3.26. The number of benzene rings is 1. The summed E-state index contributed by atoms with van der Waals surface area (Å²) in [6, 6.07) is 7.72. The number of amides is 2. The highest BCUT2D eigenvalue weighted by Crippen LogP contribution is 2.25. The van der Waals surface area contributed by atoms with Crippen LogP contribution in [0.1, 0.15) is 18.9 Å². The van der Waals surface area contributed by atoms with Crippen molar-refractivity contribution in [2.45, 2.75) is 19.8 Å². The second-order valence-corrected chi connectivity index (χ2v) is 4.40. The fourth-order valence-electron chi connectivity index (χ4n) is 2.14. The number of carbonyl (C=O) groups excluding carboxylic acids is 2. The Balaban J connectivity index is 2.13. The fourth-order valence-corrected chi connectivity index (χ4v) is 2.14. The van der Waals surface area contributed by atoms with E-state index in [9.17, 15) is 9.59 Å². The van der Waals surface area contributed by atoms with Gasteiger partial charge in [-0.3, -0.25) is 14.8 Å². The first kappa shape index (κ1) is 12.6. The molecule has 0 bridgehead atoms. The highest BCUT2D eigenvalue weighted by molar-refractivity contribution is 6.00. The van der Waals surface area contributed by atoms with Gasteiger partial charge < -0.3 is 4.90 Å². The highest BCUT2D eigenvalue weighted by Gasteiger charge is 2.34. The number of hydrogen-bond acceptors (Lipinski definition) is 3. The predicted molar refractivity (Wildman–Crippen MR) is 66.2 cm³/mol. The van der Waals surface area contributed by atoms with Crippen LogP contribution in [0.2, 0.25) is 0 Å². The minimum atomic E-state index is -0.504. The van der Waals surface area contributed by atoms with E-state index in [1.165, 1.54) is 5.56 Å². The van der Waals surface area contributed by atoms with Crippen LogP contribution in [0.25, 0.3) is 0 Å². The molecule has 5 heteroatoms. The zero-order valence-corrected chi connectivity index (χ0v) is 10.2. The van der Waals surface area contributed by atoms with Crippen molar-refractivity contribution in [1.82, 2.24) is 5.48 Å². The van der Waals surface area contributed by atoms with Crippen LogP contribution in [0.4, 0.5) is 5.69 Å². The Morgan fingerprint density at radius 3 is 2.67 bits per heavy atom. The Hall–Kier alpha value is -1.88. The molecule has 2 rings (SSSR count). The Labute approximate surface area is 105 Å². The number of carbonyl (C=O) groups is 2. The van der Waals surface area contributed by atoms with Gasteiger partial charge in [0.05, 0.1) is 5.92 Å². The summed E-state index contributed by atoms with van der Waals surface area (Å²) >= 11 is 0. The number of rotatable bonds is 3. The molecule has 0 aliphatic carbocycles. The molecule has 5 nitrogen and oxygen atoms in total. The maximum absolute atomic E-state index is 11.8. The smallest absolute Gasteiger partial charge is 0.248 e. The van der Waals surface area contributed by atoms with Gasteiger partial charge in [-0.25, -0.2) is 5.48 Å². The number of hydrogen-bond donors (Lipinski definition) is 2. The molecule has 0 spiro atoms. The lowest BCUT2D eigenvalue weighted by Crippen LogP contribution is -2.30. The molecule has 96 valence electrons. The minimum absolute atomic E-state index is 0.0900. The lowest BCUT2D eigenvalue weighted by molar-refractivity contribution is -0.133. The third-order valence-corrected chi connectivity index (χ3v) is 3.26. The fraction of sp³-hybridized carbons (Fsp3) is 0.385. The first-order valence-electron chi connectivity index (χ1n) is 5.99. The van der Waals surface area contributed by atoms with Crippen molar-refractivity contribution in [2.75, 3.05) is 11.4 Å². The summed E-state index contributed by atoms with van der Waals surface area (Å²) in [6.45, 7) is 2.38. The van der Waals surface area contributed by atoms with Crippen LogP contribution in [-0.4, -0.2) is 23.6 Å². The quantitative estimate of drug-likeness (QED) is 0.622. The first-order chi connectivity index (χ1) is 8.65. The van der Waals surface area contributed by atoms with Crippen LogP contribution in [-0.2, 0) is 16.0 Å². The zero-order chi connectivity index (χ0) is 13.1. The van der Waals surface area contributed by atoms with E-state index in [1.807, 2.05) is 24.3 Å². The summed E-state index contributed by atoms with van der Waals surface area (Å²) in [4.78, 5) is 24.7. The molecule has 1 fully saturated rings. The van der Waals surface area contributed by atoms with Crippen molar-refractivity contribution in [1.29, 1.82) is 0 Å². The Morgan fingerprint density at radius 2 is 2.11 bits per heavy atom. The van der Waals surface area contributed by atoms with Crippen molar-refractivity contribution in [2.24, 2.45) is 5.92 Å². The molecule has 2 N–H and O–H groups in total. The molecule has 2 amide bonds. The monoisotopic (exact) mass is 248 g/mol. The average molecular weight is 248 g/mol. The highest BCUT2D eigenvalue weighted by atomic mass is 16.5. The number of anilines is 1. The third kappa shape index (κ3) is 2.36. The van der Waals surface area contributed by atoms with E-state index in [0.29, 0.717) is 6.54 Å². The van der Waals surface area contributed by atoms with E-state index < -0.39 is 11.8 Å². The zero-order valence-electron chi connectivity index (χ0n) is 10.2. The van der Waals surface area contributed by atoms with Crippen molar-refractivity contribution in [3.05, 3.63) is 29.8 Å². The summed E-state index contributed by atoms with van der Waals surface area (Å²) in [5, 5.41) is 8.58. The van der Waals surface area contributed by atoms with Gasteiger partial charge in [0.25, 0.3) is 0 Å². The van der Waals surface area contributed by atoms with Crippen LogP contribution in [0.5, 0.6) is 0 Å². The summed E-state index contributed by atoms with van der Waals surface area (Å²) in [6.07, 6.45) is 1.09. The molecule has 1 saturated heterocycles. The van der Waals surface area contributed by atoms with Gasteiger partial charge in [-0.1, -0.05) is 19.1 Å². The molecule has 1 aromatic rings. The van der Waals surface area contributed by atoms with Crippen LogP contribution in [0.15, 0.2) is 24.3 Å². The molecule has 18 heavy (non-hydrogen) atoms. The predicted octanol–water partition coefficient (Wildman–Crippen LogP) is 1.11. The maximum atomic E-state index is 11.8. The van der Waals surface area contributed by atoms with E-state index >= 15 is 0 Å². The molecular formula is C13H16N2O3. The Morgan fingerprint density at radius 1 is 1.44 bits per heavy atom. The Kier molecular flexibility index (Phi) is 3.62. The van der Waals surface area contributed by atoms with E-state index in [-0.39, 0.29) is 12.3 Å². The number of nitrogens with zero attached hydrogens (tertiary/aromatic N) is 1. The van der Waals surface area contributed by atoms with Crippen molar-refractivity contribution in [3.63, 3.8) is 0 Å². The molecule has 1 atom stereocenters. The summed E-state index contributed by atoms with van der Waals surface area (Å²) in [5.74, 6) is -1.07. The molecule has 0 radical (unpaired) electrons. The first-order valence-corrected chi connectivity index (χ1v) is 5.99. The lowest BCUT2D eigenvalue weighted by Gasteiger charge is -2.16. The van der Waals surface area contributed by atoms with Gasteiger partial charge in [-0.2, -0.15) is 0 Å². The lowest BCUT2D eigenvalue weighted by atomic mass is 10.1. The molecule has 1 aromatic carbocycles. The maximum Gasteiger partial charge on any atom is 0.248 e. The van der Waals surface area contributed by atoms with Crippen LogP contribution in [0, 0.1) is 5.92 Å². The number of nitrogens with one attached hydrogen (secondary N) is 1. The second-order valence-electron chi connectivity index (χ2n) is 4.40. The molecule has 0 aromatic heterocycles. The van der Waals surface area contributed by atoms with Crippen LogP contribution in [0.3, 0.4) is 0 Å². The van der Waals surface area contributed by atoms with Crippen molar-refractivity contribution >= 4 is 17.5 Å². The van der Waals surface area contributed by atoms with Gasteiger partial charge in [0.2, 0.25) is 11.8 Å². The molecular weight excluding hydrogens is 232 g/mol. The molecule has 0 saturated carbocycles.